The van der Waals surface area contributed by atoms with Crippen LogP contribution in [0.25, 0.3) is 0 Å². The minimum Gasteiger partial charge on any atom is -0.496 e. The van der Waals surface area contributed by atoms with Crippen molar-refractivity contribution in [2.45, 2.75) is 32.2 Å². The Morgan fingerprint density at radius 1 is 1.33 bits per heavy atom. The van der Waals surface area contributed by atoms with Crippen LogP contribution in [-0.2, 0) is 5.41 Å². The van der Waals surface area contributed by atoms with Gasteiger partial charge in [0.1, 0.15) is 5.75 Å². The van der Waals surface area contributed by atoms with E-state index in [9.17, 15) is 0 Å². The molecule has 0 aliphatic rings. The van der Waals surface area contributed by atoms with E-state index in [2.05, 4.69) is 35.7 Å². The number of hydrogen-bond acceptors (Lipinski definition) is 5. The lowest BCUT2D eigenvalue weighted by Crippen LogP contribution is -2.22. The number of hydrogen-bond donors (Lipinski definition) is 1. The Hall–Kier alpha value is -1.17. The van der Waals surface area contributed by atoms with E-state index in [1.807, 2.05) is 25.2 Å². The van der Waals surface area contributed by atoms with Crippen LogP contribution < -0.4 is 10.1 Å². The first kappa shape index (κ1) is 16.2. The van der Waals surface area contributed by atoms with Gasteiger partial charge in [0.2, 0.25) is 0 Å². The number of nitrogens with zero attached hydrogens (tertiary/aromatic N) is 2. The van der Waals surface area contributed by atoms with E-state index in [1.165, 1.54) is 11.5 Å². The van der Waals surface area contributed by atoms with Crippen molar-refractivity contribution in [1.29, 1.82) is 0 Å². The van der Waals surface area contributed by atoms with Crippen LogP contribution in [0, 0.1) is 0 Å². The number of rotatable bonds is 4. The predicted octanol–water partition coefficient (Wildman–Crippen LogP) is 3.81. The number of methoxy groups -OCH3 is 1. The van der Waals surface area contributed by atoms with Crippen LogP contribution in [0.1, 0.15) is 42.9 Å². The van der Waals surface area contributed by atoms with Gasteiger partial charge >= 0.3 is 0 Å². The molecule has 4 nitrogen and oxygen atoms in total. The molecular weight excluding hydrogens is 306 g/mol. The van der Waals surface area contributed by atoms with Gasteiger partial charge in [-0.1, -0.05) is 36.9 Å². The van der Waals surface area contributed by atoms with E-state index in [0.717, 1.165) is 21.9 Å². The second kappa shape index (κ2) is 6.30. The second-order valence-electron chi connectivity index (χ2n) is 5.84. The molecule has 0 saturated heterocycles. The lowest BCUT2D eigenvalue weighted by molar-refractivity contribution is 0.405. The summed E-state index contributed by atoms with van der Waals surface area (Å²) in [4.78, 5) is 1.09. The lowest BCUT2D eigenvalue weighted by Gasteiger charge is -2.23. The highest BCUT2D eigenvalue weighted by Crippen LogP contribution is 2.37. The largest absolute Gasteiger partial charge is 0.496 e. The first-order valence-electron chi connectivity index (χ1n) is 6.72. The number of ether oxygens (including phenoxy) is 1. The molecule has 0 radical (unpaired) electrons. The molecule has 1 aromatic heterocycles. The van der Waals surface area contributed by atoms with Crippen LogP contribution in [0.2, 0.25) is 5.02 Å². The van der Waals surface area contributed by atoms with Crippen LogP contribution in [0.4, 0.5) is 0 Å². The maximum Gasteiger partial charge on any atom is 0.124 e. The summed E-state index contributed by atoms with van der Waals surface area (Å²) in [5, 5.41) is 8.32. The molecule has 0 fully saturated rings. The maximum absolute atomic E-state index is 6.15. The first-order valence-corrected chi connectivity index (χ1v) is 7.87. The van der Waals surface area contributed by atoms with Crippen molar-refractivity contribution >= 4 is 23.1 Å². The lowest BCUT2D eigenvalue weighted by atomic mass is 9.88. The number of halogens is 1. The van der Waals surface area contributed by atoms with Crippen molar-refractivity contribution in [3.8, 4) is 5.75 Å². The monoisotopic (exact) mass is 325 g/mol. The molecule has 0 bridgehead atoms. The summed E-state index contributed by atoms with van der Waals surface area (Å²) >= 11 is 7.56. The third-order valence-corrected chi connectivity index (χ3v) is 4.30. The van der Waals surface area contributed by atoms with Gasteiger partial charge in [0.15, 0.2) is 0 Å². The standard InChI is InChI=1S/C15H20ClN3OS/c1-15(2,3)14-13(21-19-18-14)12(17-4)10-8-9(16)6-7-11(10)20-5/h6-8,12,17H,1-5H3. The Morgan fingerprint density at radius 3 is 2.62 bits per heavy atom. The molecule has 1 heterocycles. The summed E-state index contributed by atoms with van der Waals surface area (Å²) in [7, 11) is 3.58. The quantitative estimate of drug-likeness (QED) is 0.928. The van der Waals surface area contributed by atoms with Gasteiger partial charge in [-0.2, -0.15) is 0 Å². The first-order chi connectivity index (χ1) is 9.88. The molecule has 114 valence electrons. The summed E-state index contributed by atoms with van der Waals surface area (Å²) in [5.74, 6) is 0.798. The Kier molecular flexibility index (Phi) is 4.86. The third kappa shape index (κ3) is 3.36. The van der Waals surface area contributed by atoms with Gasteiger partial charge in [-0.3, -0.25) is 0 Å². The van der Waals surface area contributed by atoms with E-state index in [1.54, 1.807) is 7.11 Å². The van der Waals surface area contributed by atoms with E-state index in [-0.39, 0.29) is 11.5 Å². The van der Waals surface area contributed by atoms with Crippen molar-refractivity contribution in [2.24, 2.45) is 0 Å². The Morgan fingerprint density at radius 2 is 2.05 bits per heavy atom. The van der Waals surface area contributed by atoms with Gasteiger partial charge in [-0.15, -0.1) is 5.10 Å². The van der Waals surface area contributed by atoms with Gasteiger partial charge in [-0.25, -0.2) is 0 Å². The van der Waals surface area contributed by atoms with Crippen molar-refractivity contribution in [3.63, 3.8) is 0 Å². The third-order valence-electron chi connectivity index (χ3n) is 3.28. The molecular formula is C15H20ClN3OS. The van der Waals surface area contributed by atoms with Crippen molar-refractivity contribution in [3.05, 3.63) is 39.4 Å². The molecule has 0 aliphatic heterocycles. The Bertz CT molecular complexity index is 622. The zero-order chi connectivity index (χ0) is 15.6. The molecule has 2 rings (SSSR count). The molecule has 1 unspecified atom stereocenters. The normalized spacial score (nSPS) is 13.2. The average Bonchev–Trinajstić information content (AvgIpc) is 2.89. The van der Waals surface area contributed by atoms with Gasteiger partial charge in [-0.05, 0) is 36.8 Å². The second-order valence-corrected chi connectivity index (χ2v) is 7.07. The fourth-order valence-electron chi connectivity index (χ4n) is 2.27. The minimum absolute atomic E-state index is 0.0483. The topological polar surface area (TPSA) is 47.0 Å². The molecule has 2 aromatic rings. The van der Waals surface area contributed by atoms with Crippen LogP contribution in [0.15, 0.2) is 18.2 Å². The molecule has 0 saturated carbocycles. The van der Waals surface area contributed by atoms with Crippen molar-refractivity contribution < 1.29 is 4.74 Å². The van der Waals surface area contributed by atoms with Crippen LogP contribution in [0.5, 0.6) is 5.75 Å². The molecule has 1 aromatic carbocycles. The van der Waals surface area contributed by atoms with E-state index in [4.69, 9.17) is 16.3 Å². The number of aromatic nitrogens is 2. The highest BCUT2D eigenvalue weighted by molar-refractivity contribution is 7.05. The Labute approximate surface area is 134 Å². The summed E-state index contributed by atoms with van der Waals surface area (Å²) in [6.07, 6.45) is 0. The number of benzene rings is 1. The summed E-state index contributed by atoms with van der Waals surface area (Å²) in [6, 6.07) is 5.58. The molecule has 0 spiro atoms. The number of nitrogens with one attached hydrogen (secondary N) is 1. The van der Waals surface area contributed by atoms with Gasteiger partial charge < -0.3 is 10.1 Å². The molecule has 1 N–H and O–H groups in total. The molecule has 0 amide bonds. The van der Waals surface area contributed by atoms with Crippen molar-refractivity contribution in [1.82, 2.24) is 14.9 Å². The molecule has 1 atom stereocenters. The fourth-order valence-corrected chi connectivity index (χ4v) is 3.44. The zero-order valence-electron chi connectivity index (χ0n) is 12.9. The van der Waals surface area contributed by atoms with Crippen LogP contribution in [-0.4, -0.2) is 23.7 Å². The average molecular weight is 326 g/mol. The molecule has 0 aliphatic carbocycles. The van der Waals surface area contributed by atoms with Crippen LogP contribution in [0.3, 0.4) is 0 Å². The highest BCUT2D eigenvalue weighted by atomic mass is 35.5. The maximum atomic E-state index is 6.15. The van der Waals surface area contributed by atoms with Crippen molar-refractivity contribution in [2.75, 3.05) is 14.2 Å². The van der Waals surface area contributed by atoms with E-state index < -0.39 is 0 Å². The molecule has 21 heavy (non-hydrogen) atoms. The highest BCUT2D eigenvalue weighted by Gasteiger charge is 2.29. The van der Waals surface area contributed by atoms with E-state index >= 15 is 0 Å². The van der Waals surface area contributed by atoms with E-state index in [0.29, 0.717) is 5.02 Å². The minimum atomic E-state index is -0.0662. The smallest absolute Gasteiger partial charge is 0.124 e. The SMILES string of the molecule is CNC(c1cc(Cl)ccc1OC)c1snnc1C(C)(C)C. The van der Waals surface area contributed by atoms with Crippen LogP contribution >= 0.6 is 23.1 Å². The Balaban J connectivity index is 2.56. The summed E-state index contributed by atoms with van der Waals surface area (Å²) in [5.41, 5.74) is 1.92. The molecule has 6 heteroatoms. The van der Waals surface area contributed by atoms with Gasteiger partial charge in [0, 0.05) is 16.0 Å². The predicted molar refractivity (Wildman–Crippen MR) is 87.5 cm³/mol. The summed E-state index contributed by atoms with van der Waals surface area (Å²) in [6.45, 7) is 6.40. The van der Waals surface area contributed by atoms with Gasteiger partial charge in [0.05, 0.1) is 23.7 Å². The fraction of sp³-hybridized carbons (Fsp3) is 0.467. The summed E-state index contributed by atoms with van der Waals surface area (Å²) < 4.78 is 9.61. The van der Waals surface area contributed by atoms with Gasteiger partial charge in [0.25, 0.3) is 0 Å². The zero-order valence-corrected chi connectivity index (χ0v) is 14.5.